The molecule has 0 bridgehead atoms. The second-order valence-corrected chi connectivity index (χ2v) is 7.93. The van der Waals surface area contributed by atoms with Gasteiger partial charge in [0.1, 0.15) is 0 Å². The van der Waals surface area contributed by atoms with Crippen molar-refractivity contribution < 1.29 is 23.2 Å². The molecule has 2 N–H and O–H groups in total. The highest BCUT2D eigenvalue weighted by Gasteiger charge is 2.29. The molecule has 0 aromatic heterocycles. The third kappa shape index (κ3) is 5.53. The monoisotopic (exact) mass is 422 g/mol. The summed E-state index contributed by atoms with van der Waals surface area (Å²) in [6.07, 6.45) is 5.22. The normalized spacial score (nSPS) is 19.2. The van der Waals surface area contributed by atoms with Crippen molar-refractivity contribution in [2.24, 2.45) is 0 Å². The second-order valence-electron chi connectivity index (χ2n) is 7.93. The lowest BCUT2D eigenvalue weighted by molar-refractivity contribution is -0.125. The largest absolute Gasteiger partial charge is 0.336 e. The number of hydrogen-bond acceptors (Lipinski definition) is 4. The number of hydrogen-bond donors (Lipinski definition) is 2. The molecule has 1 aliphatic heterocycles. The Morgan fingerprint density at radius 1 is 1.00 bits per heavy atom. The zero-order chi connectivity index (χ0) is 21.7. The lowest BCUT2D eigenvalue weighted by atomic mass is 9.96. The van der Waals surface area contributed by atoms with Crippen molar-refractivity contribution in [3.63, 3.8) is 0 Å². The molecule has 1 aromatic rings. The first-order chi connectivity index (χ1) is 14.3. The molecule has 1 saturated heterocycles. The molecule has 4 amide bonds. The van der Waals surface area contributed by atoms with E-state index in [2.05, 4.69) is 10.6 Å². The van der Waals surface area contributed by atoms with Crippen LogP contribution in [-0.4, -0.2) is 65.9 Å². The summed E-state index contributed by atoms with van der Waals surface area (Å²) in [5.41, 5.74) is 0.0903. The predicted molar refractivity (Wildman–Crippen MR) is 107 cm³/mol. The second kappa shape index (κ2) is 9.97. The molecule has 1 unspecified atom stereocenters. The van der Waals surface area contributed by atoms with Crippen LogP contribution in [0.3, 0.4) is 0 Å². The minimum absolute atomic E-state index is 0.0903. The first kappa shape index (κ1) is 22.1. The lowest BCUT2D eigenvalue weighted by Crippen LogP contribution is -2.56. The molecule has 1 heterocycles. The van der Waals surface area contributed by atoms with Crippen molar-refractivity contribution >= 4 is 17.8 Å². The van der Waals surface area contributed by atoms with Crippen LogP contribution in [0.4, 0.5) is 13.6 Å². The van der Waals surface area contributed by atoms with Gasteiger partial charge in [0, 0.05) is 37.8 Å². The molecule has 164 valence electrons. The van der Waals surface area contributed by atoms with Crippen LogP contribution in [0.15, 0.2) is 18.2 Å². The first-order valence-electron chi connectivity index (χ1n) is 10.4. The van der Waals surface area contributed by atoms with Gasteiger partial charge in [-0.05, 0) is 38.0 Å². The number of carbonyl (C=O) groups is 3. The van der Waals surface area contributed by atoms with Crippen molar-refractivity contribution in [2.45, 2.75) is 51.1 Å². The number of rotatable bonds is 4. The summed E-state index contributed by atoms with van der Waals surface area (Å²) in [5.74, 6) is -2.82. The molecule has 1 aliphatic carbocycles. The summed E-state index contributed by atoms with van der Waals surface area (Å²) in [4.78, 5) is 40.4. The van der Waals surface area contributed by atoms with Crippen molar-refractivity contribution in [2.75, 3.05) is 26.2 Å². The van der Waals surface area contributed by atoms with Crippen molar-refractivity contribution in [3.05, 3.63) is 35.4 Å². The van der Waals surface area contributed by atoms with Gasteiger partial charge in [0.2, 0.25) is 5.91 Å². The Morgan fingerprint density at radius 3 is 2.30 bits per heavy atom. The quantitative estimate of drug-likeness (QED) is 0.780. The van der Waals surface area contributed by atoms with E-state index in [1.165, 1.54) is 12.5 Å². The van der Waals surface area contributed by atoms with Gasteiger partial charge in [-0.3, -0.25) is 19.8 Å². The third-order valence-electron chi connectivity index (χ3n) is 5.87. The Kier molecular flexibility index (Phi) is 7.36. The van der Waals surface area contributed by atoms with Crippen molar-refractivity contribution in [1.82, 2.24) is 20.4 Å². The van der Waals surface area contributed by atoms with Gasteiger partial charge in [0.15, 0.2) is 11.6 Å². The molecule has 2 fully saturated rings. The average molecular weight is 422 g/mol. The Labute approximate surface area is 174 Å². The fourth-order valence-corrected chi connectivity index (χ4v) is 3.97. The molecule has 1 saturated carbocycles. The van der Waals surface area contributed by atoms with Gasteiger partial charge in [-0.2, -0.15) is 0 Å². The summed E-state index contributed by atoms with van der Waals surface area (Å²) in [6, 6.07) is 2.21. The maximum atomic E-state index is 13.4. The summed E-state index contributed by atoms with van der Waals surface area (Å²) >= 11 is 0. The molecule has 1 atom stereocenters. The molecule has 3 rings (SSSR count). The van der Waals surface area contributed by atoms with Crippen LogP contribution in [0.2, 0.25) is 0 Å². The van der Waals surface area contributed by atoms with Crippen LogP contribution in [-0.2, 0) is 4.79 Å². The minimum Gasteiger partial charge on any atom is -0.336 e. The number of piperazine rings is 1. The Hall–Kier alpha value is -2.55. The minimum atomic E-state index is -1.06. The molecule has 7 nitrogen and oxygen atoms in total. The van der Waals surface area contributed by atoms with E-state index in [1.54, 1.807) is 11.8 Å². The van der Waals surface area contributed by atoms with E-state index in [1.807, 2.05) is 4.90 Å². The van der Waals surface area contributed by atoms with Crippen molar-refractivity contribution in [1.29, 1.82) is 0 Å². The summed E-state index contributed by atoms with van der Waals surface area (Å²) in [5, 5.41) is 5.26. The Balaban J connectivity index is 1.46. The SMILES string of the molecule is CC(C(=O)NC(=O)NC1CCCCC1)N1CCN(C(=O)c2ccc(F)c(F)c2)CC1. The van der Waals surface area contributed by atoms with Gasteiger partial charge in [0.25, 0.3) is 5.91 Å². The third-order valence-corrected chi connectivity index (χ3v) is 5.87. The van der Waals surface area contributed by atoms with Crippen LogP contribution >= 0.6 is 0 Å². The highest BCUT2D eigenvalue weighted by molar-refractivity contribution is 5.97. The van der Waals surface area contributed by atoms with Crippen LogP contribution < -0.4 is 10.6 Å². The van der Waals surface area contributed by atoms with Crippen LogP contribution in [0.25, 0.3) is 0 Å². The number of carbonyl (C=O) groups excluding carboxylic acids is 3. The molecular weight excluding hydrogens is 394 g/mol. The number of urea groups is 1. The fraction of sp³-hybridized carbons (Fsp3) is 0.571. The molecular formula is C21H28F2N4O3. The van der Waals surface area contributed by atoms with Crippen LogP contribution in [0.1, 0.15) is 49.4 Å². The lowest BCUT2D eigenvalue weighted by Gasteiger charge is -2.37. The number of halogens is 2. The topological polar surface area (TPSA) is 81.8 Å². The molecule has 1 aromatic carbocycles. The first-order valence-corrected chi connectivity index (χ1v) is 10.4. The number of imide groups is 1. The van der Waals surface area contributed by atoms with E-state index in [9.17, 15) is 23.2 Å². The Morgan fingerprint density at radius 2 is 1.67 bits per heavy atom. The number of benzene rings is 1. The molecule has 30 heavy (non-hydrogen) atoms. The zero-order valence-corrected chi connectivity index (χ0v) is 17.1. The average Bonchev–Trinajstić information content (AvgIpc) is 2.75. The number of amides is 4. The predicted octanol–water partition coefficient (Wildman–Crippen LogP) is 2.27. The van der Waals surface area contributed by atoms with E-state index < -0.39 is 23.7 Å². The highest BCUT2D eigenvalue weighted by Crippen LogP contribution is 2.17. The zero-order valence-electron chi connectivity index (χ0n) is 17.1. The highest BCUT2D eigenvalue weighted by atomic mass is 19.2. The van der Waals surface area contributed by atoms with E-state index in [4.69, 9.17) is 0 Å². The molecule has 9 heteroatoms. The van der Waals surface area contributed by atoms with E-state index in [0.717, 1.165) is 37.8 Å². The van der Waals surface area contributed by atoms with E-state index in [0.29, 0.717) is 26.2 Å². The van der Waals surface area contributed by atoms with Crippen LogP contribution in [0.5, 0.6) is 0 Å². The molecule has 0 spiro atoms. The number of nitrogens with one attached hydrogen (secondary N) is 2. The van der Waals surface area contributed by atoms with Gasteiger partial charge in [0.05, 0.1) is 6.04 Å². The number of nitrogens with zero attached hydrogens (tertiary/aromatic N) is 2. The molecule has 2 aliphatic rings. The van der Waals surface area contributed by atoms with E-state index >= 15 is 0 Å². The fourth-order valence-electron chi connectivity index (χ4n) is 3.97. The summed E-state index contributed by atoms with van der Waals surface area (Å²) < 4.78 is 26.5. The maximum absolute atomic E-state index is 13.4. The Bertz CT molecular complexity index is 790. The van der Waals surface area contributed by atoms with Gasteiger partial charge in [-0.25, -0.2) is 13.6 Å². The summed E-state index contributed by atoms with van der Waals surface area (Å²) in [6.45, 7) is 3.30. The van der Waals surface area contributed by atoms with E-state index in [-0.39, 0.29) is 23.4 Å². The van der Waals surface area contributed by atoms with Crippen LogP contribution in [0, 0.1) is 11.6 Å². The smallest absolute Gasteiger partial charge is 0.321 e. The van der Waals surface area contributed by atoms with Gasteiger partial charge in [-0.15, -0.1) is 0 Å². The van der Waals surface area contributed by atoms with Gasteiger partial charge >= 0.3 is 6.03 Å². The summed E-state index contributed by atoms with van der Waals surface area (Å²) in [7, 11) is 0. The van der Waals surface area contributed by atoms with Gasteiger partial charge < -0.3 is 10.2 Å². The molecule has 0 radical (unpaired) electrons. The van der Waals surface area contributed by atoms with Gasteiger partial charge in [-0.1, -0.05) is 19.3 Å². The van der Waals surface area contributed by atoms with Crippen molar-refractivity contribution in [3.8, 4) is 0 Å². The standard InChI is InChI=1S/C21H28F2N4O3/c1-14(19(28)25-21(30)24-16-5-3-2-4-6-16)26-9-11-27(12-10-26)20(29)15-7-8-17(22)18(23)13-15/h7-8,13-14,16H,2-6,9-12H2,1H3,(H2,24,25,28,30). The maximum Gasteiger partial charge on any atom is 0.321 e.